The third-order valence-electron chi connectivity index (χ3n) is 4.98. The Labute approximate surface area is 170 Å². The van der Waals surface area contributed by atoms with Crippen molar-refractivity contribution in [2.45, 2.75) is 19.9 Å². The van der Waals surface area contributed by atoms with Gasteiger partial charge in [-0.15, -0.1) is 12.4 Å². The van der Waals surface area contributed by atoms with Crippen LogP contribution in [0.2, 0.25) is 0 Å². The van der Waals surface area contributed by atoms with Crippen LogP contribution < -0.4 is 19.7 Å². The maximum Gasteiger partial charge on any atom is 0.231 e. The molecule has 0 radical (unpaired) electrons. The van der Waals surface area contributed by atoms with E-state index < -0.39 is 0 Å². The molecule has 1 aromatic heterocycles. The summed E-state index contributed by atoms with van der Waals surface area (Å²) in [4.78, 5) is 24.4. The molecule has 1 N–H and O–H groups in total. The third-order valence-corrected chi connectivity index (χ3v) is 4.98. The third kappa shape index (κ3) is 4.28. The summed E-state index contributed by atoms with van der Waals surface area (Å²) in [7, 11) is 0. The van der Waals surface area contributed by atoms with E-state index in [0.717, 1.165) is 37.7 Å². The van der Waals surface area contributed by atoms with E-state index in [0.29, 0.717) is 24.5 Å². The highest BCUT2D eigenvalue weighted by Gasteiger charge is 2.25. The number of benzene rings is 1. The number of aromatic nitrogens is 2. The number of nitrogens with one attached hydrogen (secondary N) is 1. The number of ether oxygens (including phenoxy) is 2. The van der Waals surface area contributed by atoms with Crippen LogP contribution in [0.15, 0.2) is 30.6 Å². The van der Waals surface area contributed by atoms with Crippen molar-refractivity contribution in [2.75, 3.05) is 43.2 Å². The van der Waals surface area contributed by atoms with Crippen LogP contribution in [0, 0.1) is 0 Å². The zero-order chi connectivity index (χ0) is 18.8. The first-order valence-corrected chi connectivity index (χ1v) is 9.08. The first-order valence-electron chi connectivity index (χ1n) is 9.08. The summed E-state index contributed by atoms with van der Waals surface area (Å²) in [6.07, 6.45) is 3.29. The monoisotopic (exact) mass is 405 g/mol. The zero-order valence-electron chi connectivity index (χ0n) is 15.9. The van der Waals surface area contributed by atoms with Gasteiger partial charge in [0.05, 0.1) is 18.1 Å². The summed E-state index contributed by atoms with van der Waals surface area (Å²) in [5.41, 5.74) is 1.84. The molecule has 150 valence electrons. The summed E-state index contributed by atoms with van der Waals surface area (Å²) in [6, 6.07) is 6.46. The molecule has 0 spiro atoms. The van der Waals surface area contributed by atoms with Gasteiger partial charge in [0.25, 0.3) is 0 Å². The lowest BCUT2D eigenvalue weighted by Gasteiger charge is -2.38. The smallest absolute Gasteiger partial charge is 0.231 e. The lowest BCUT2D eigenvalue weighted by Crippen LogP contribution is -2.47. The minimum absolute atomic E-state index is 0. The highest BCUT2D eigenvalue weighted by Crippen LogP contribution is 2.35. The lowest BCUT2D eigenvalue weighted by atomic mass is 10.1. The average molecular weight is 406 g/mol. The first-order chi connectivity index (χ1) is 13.1. The maximum absolute atomic E-state index is 11.1. The molecule has 0 saturated carbocycles. The van der Waals surface area contributed by atoms with Crippen LogP contribution >= 0.6 is 12.4 Å². The van der Waals surface area contributed by atoms with Crippen LogP contribution in [0.3, 0.4) is 0 Å². The Bertz CT molecular complexity index is 825. The zero-order valence-corrected chi connectivity index (χ0v) is 16.7. The number of fused-ring (bicyclic) bond motifs is 1. The average Bonchev–Trinajstić information content (AvgIpc) is 3.15. The molecule has 1 saturated heterocycles. The second kappa shape index (κ2) is 8.62. The maximum atomic E-state index is 11.1. The fourth-order valence-electron chi connectivity index (χ4n) is 3.45. The van der Waals surface area contributed by atoms with Crippen LogP contribution in [0.4, 0.5) is 11.6 Å². The summed E-state index contributed by atoms with van der Waals surface area (Å²) in [5.74, 6) is 2.21. The highest BCUT2D eigenvalue weighted by atomic mass is 35.5. The molecule has 2 aromatic rings. The topological polar surface area (TPSA) is 79.8 Å². The van der Waals surface area contributed by atoms with Crippen molar-refractivity contribution >= 4 is 29.9 Å². The van der Waals surface area contributed by atoms with Gasteiger partial charge in [-0.05, 0) is 24.6 Å². The summed E-state index contributed by atoms with van der Waals surface area (Å²) >= 11 is 0. The minimum atomic E-state index is -0.127. The molecule has 1 fully saturated rings. The van der Waals surface area contributed by atoms with Gasteiger partial charge in [0.15, 0.2) is 11.5 Å². The predicted molar refractivity (Wildman–Crippen MR) is 108 cm³/mol. The van der Waals surface area contributed by atoms with E-state index in [2.05, 4.69) is 44.1 Å². The molecule has 0 unspecified atom stereocenters. The Morgan fingerprint density at radius 2 is 1.79 bits per heavy atom. The molecular weight excluding hydrogens is 382 g/mol. The molecule has 2 aliphatic rings. The van der Waals surface area contributed by atoms with Gasteiger partial charge in [-0.2, -0.15) is 0 Å². The van der Waals surface area contributed by atoms with E-state index in [1.807, 2.05) is 6.07 Å². The first kappa shape index (κ1) is 20.2. The fourth-order valence-corrected chi connectivity index (χ4v) is 3.45. The second-order valence-electron chi connectivity index (χ2n) is 6.76. The number of piperazine rings is 1. The Morgan fingerprint density at radius 3 is 2.46 bits per heavy atom. The Morgan fingerprint density at radius 1 is 1.11 bits per heavy atom. The molecule has 9 heteroatoms. The van der Waals surface area contributed by atoms with Gasteiger partial charge in [0, 0.05) is 39.1 Å². The van der Waals surface area contributed by atoms with Crippen LogP contribution in [-0.4, -0.2) is 53.7 Å². The van der Waals surface area contributed by atoms with E-state index in [-0.39, 0.29) is 18.3 Å². The number of rotatable bonds is 4. The van der Waals surface area contributed by atoms with Crippen LogP contribution in [0.5, 0.6) is 11.5 Å². The Balaban J connectivity index is 0.00000225. The van der Waals surface area contributed by atoms with E-state index >= 15 is 0 Å². The number of anilines is 2. The van der Waals surface area contributed by atoms with Gasteiger partial charge in [-0.3, -0.25) is 9.69 Å². The van der Waals surface area contributed by atoms with Crippen molar-refractivity contribution in [3.63, 3.8) is 0 Å². The molecule has 1 amide bonds. The van der Waals surface area contributed by atoms with Gasteiger partial charge in [0.2, 0.25) is 18.6 Å². The normalized spacial score (nSPS) is 17.0. The molecule has 3 heterocycles. The fraction of sp³-hybridized carbons (Fsp3) is 0.421. The molecule has 4 rings (SSSR count). The highest BCUT2D eigenvalue weighted by molar-refractivity contribution is 5.88. The molecule has 0 aliphatic carbocycles. The van der Waals surface area contributed by atoms with Gasteiger partial charge in [-0.1, -0.05) is 6.07 Å². The number of nitrogens with zero attached hydrogens (tertiary/aromatic N) is 4. The second-order valence-corrected chi connectivity index (χ2v) is 6.76. The number of hydrogen-bond donors (Lipinski definition) is 1. The molecule has 1 atom stereocenters. The number of carbonyl (C=O) groups is 1. The van der Waals surface area contributed by atoms with E-state index in [1.165, 1.54) is 12.5 Å². The molecule has 2 aliphatic heterocycles. The van der Waals surface area contributed by atoms with Crippen molar-refractivity contribution in [2.24, 2.45) is 0 Å². The summed E-state index contributed by atoms with van der Waals surface area (Å²) in [5, 5.41) is 2.68. The van der Waals surface area contributed by atoms with Crippen molar-refractivity contribution in [1.29, 1.82) is 0 Å². The predicted octanol–water partition coefficient (Wildman–Crippen LogP) is 2.47. The van der Waals surface area contributed by atoms with Gasteiger partial charge < -0.3 is 19.7 Å². The SMILES string of the molecule is CC(=O)Nc1cnc(N2CCN([C@@H](C)c3ccc4c(c3)OCO4)CC2)nc1.Cl. The van der Waals surface area contributed by atoms with Crippen molar-refractivity contribution in [1.82, 2.24) is 14.9 Å². The summed E-state index contributed by atoms with van der Waals surface area (Å²) < 4.78 is 10.9. The van der Waals surface area contributed by atoms with E-state index in [9.17, 15) is 4.79 Å². The number of hydrogen-bond acceptors (Lipinski definition) is 7. The van der Waals surface area contributed by atoms with E-state index in [1.54, 1.807) is 12.4 Å². The van der Waals surface area contributed by atoms with Gasteiger partial charge in [-0.25, -0.2) is 9.97 Å². The van der Waals surface area contributed by atoms with Crippen LogP contribution in [0.1, 0.15) is 25.5 Å². The standard InChI is InChI=1S/C19H23N5O3.ClH/c1-13(15-3-4-17-18(9-15)27-12-26-17)23-5-7-24(8-6-23)19-20-10-16(11-21-19)22-14(2)25;/h3-4,9-11,13H,5-8,12H2,1-2H3,(H,22,25);1H/t13-;/m0./s1. The lowest BCUT2D eigenvalue weighted by molar-refractivity contribution is -0.114. The Kier molecular flexibility index (Phi) is 6.21. The quantitative estimate of drug-likeness (QED) is 0.836. The Hall–Kier alpha value is -2.58. The minimum Gasteiger partial charge on any atom is -0.454 e. The summed E-state index contributed by atoms with van der Waals surface area (Å²) in [6.45, 7) is 7.54. The van der Waals surface area contributed by atoms with E-state index in [4.69, 9.17) is 9.47 Å². The molecule has 8 nitrogen and oxygen atoms in total. The molecule has 1 aromatic carbocycles. The van der Waals surface area contributed by atoms with Crippen LogP contribution in [-0.2, 0) is 4.79 Å². The molecule has 0 bridgehead atoms. The number of carbonyl (C=O) groups excluding carboxylic acids is 1. The van der Waals surface area contributed by atoms with Crippen molar-refractivity contribution in [3.05, 3.63) is 36.2 Å². The number of amides is 1. The van der Waals surface area contributed by atoms with Crippen molar-refractivity contribution < 1.29 is 14.3 Å². The van der Waals surface area contributed by atoms with Gasteiger partial charge >= 0.3 is 0 Å². The molecular formula is C19H24ClN5O3. The van der Waals surface area contributed by atoms with Gasteiger partial charge in [0.1, 0.15) is 0 Å². The number of halogens is 1. The van der Waals surface area contributed by atoms with Crippen LogP contribution in [0.25, 0.3) is 0 Å². The molecule has 28 heavy (non-hydrogen) atoms. The van der Waals surface area contributed by atoms with Crippen molar-refractivity contribution in [3.8, 4) is 11.5 Å². The largest absolute Gasteiger partial charge is 0.454 e.